The Hall–Kier alpha value is -4.07. The van der Waals surface area contributed by atoms with Crippen LogP contribution in [-0.2, 0) is 11.3 Å². The van der Waals surface area contributed by atoms with Crippen molar-refractivity contribution in [2.45, 2.75) is 38.3 Å². The Morgan fingerprint density at radius 3 is 2.66 bits per heavy atom. The summed E-state index contributed by atoms with van der Waals surface area (Å²) in [7, 11) is 2.93. The molecule has 0 unspecified atom stereocenters. The third kappa shape index (κ3) is 4.39. The minimum Gasteiger partial charge on any atom is -0.497 e. The summed E-state index contributed by atoms with van der Waals surface area (Å²) in [6.07, 6.45) is 5.86. The number of furan rings is 1. The molecule has 0 amide bonds. The molecule has 1 saturated carbocycles. The zero-order valence-corrected chi connectivity index (χ0v) is 19.8. The number of hydrogen-bond acceptors (Lipinski definition) is 7. The van der Waals surface area contributed by atoms with Crippen molar-refractivity contribution >= 4 is 22.8 Å². The Morgan fingerprint density at radius 2 is 1.94 bits per heavy atom. The van der Waals surface area contributed by atoms with Crippen LogP contribution in [0.2, 0.25) is 0 Å². The lowest BCUT2D eigenvalue weighted by Crippen LogP contribution is -2.38. The fourth-order valence-electron chi connectivity index (χ4n) is 4.74. The smallest absolute Gasteiger partial charge is 0.337 e. The molecule has 0 N–H and O–H groups in total. The molecule has 1 fully saturated rings. The van der Waals surface area contributed by atoms with Gasteiger partial charge in [-0.25, -0.2) is 14.3 Å². The lowest BCUT2D eigenvalue weighted by Gasteiger charge is -2.31. The molecule has 4 aromatic rings. The van der Waals surface area contributed by atoms with Crippen molar-refractivity contribution in [3.05, 3.63) is 82.5 Å². The van der Waals surface area contributed by atoms with E-state index in [0.717, 1.165) is 31.4 Å². The van der Waals surface area contributed by atoms with Crippen molar-refractivity contribution in [2.24, 2.45) is 0 Å². The van der Waals surface area contributed by atoms with Gasteiger partial charge in [0.15, 0.2) is 0 Å². The second-order valence-corrected chi connectivity index (χ2v) is 8.62. The molecule has 35 heavy (non-hydrogen) atoms. The number of rotatable bonds is 7. The molecule has 5 rings (SSSR count). The number of carbonyl (C=O) groups is 1. The maximum absolute atomic E-state index is 13.9. The van der Waals surface area contributed by atoms with Gasteiger partial charge in [-0.3, -0.25) is 4.79 Å². The van der Waals surface area contributed by atoms with Crippen LogP contribution in [0.1, 0.15) is 41.8 Å². The quantitative estimate of drug-likeness (QED) is 0.359. The fraction of sp³-hybridized carbons (Fsp3) is 0.296. The van der Waals surface area contributed by atoms with Crippen LogP contribution >= 0.6 is 0 Å². The van der Waals surface area contributed by atoms with Crippen molar-refractivity contribution in [2.75, 3.05) is 19.1 Å². The van der Waals surface area contributed by atoms with Crippen LogP contribution in [-0.4, -0.2) is 35.8 Å². The highest BCUT2D eigenvalue weighted by atomic mass is 16.5. The van der Waals surface area contributed by atoms with E-state index < -0.39 is 5.97 Å². The van der Waals surface area contributed by atoms with E-state index in [1.807, 2.05) is 36.4 Å². The first-order chi connectivity index (χ1) is 17.1. The minimum atomic E-state index is -0.476. The van der Waals surface area contributed by atoms with Gasteiger partial charge in [-0.2, -0.15) is 0 Å². The molecule has 1 aliphatic rings. The SMILES string of the molecule is COC(=O)c1ccc2c(=O)n(-c3cccc(OC)c3)c(N(Cc3ccco3)C3CCCC3)nc2c1. The molecule has 180 valence electrons. The van der Waals surface area contributed by atoms with Crippen LogP contribution < -0.4 is 15.2 Å². The number of methoxy groups -OCH3 is 2. The van der Waals surface area contributed by atoms with E-state index in [1.54, 1.807) is 36.1 Å². The summed E-state index contributed by atoms with van der Waals surface area (Å²) in [6.45, 7) is 0.469. The van der Waals surface area contributed by atoms with Crippen molar-refractivity contribution in [1.82, 2.24) is 9.55 Å². The van der Waals surface area contributed by atoms with Gasteiger partial charge in [-0.1, -0.05) is 18.9 Å². The van der Waals surface area contributed by atoms with Crippen molar-refractivity contribution < 1.29 is 18.7 Å². The van der Waals surface area contributed by atoms with Crippen molar-refractivity contribution in [3.8, 4) is 11.4 Å². The van der Waals surface area contributed by atoms with Gasteiger partial charge in [0.25, 0.3) is 5.56 Å². The van der Waals surface area contributed by atoms with Gasteiger partial charge >= 0.3 is 5.97 Å². The molecule has 0 spiro atoms. The van der Waals surface area contributed by atoms with Crippen molar-refractivity contribution in [3.63, 3.8) is 0 Å². The Morgan fingerprint density at radius 1 is 1.11 bits per heavy atom. The number of esters is 1. The second kappa shape index (κ2) is 9.66. The van der Waals surface area contributed by atoms with Gasteiger partial charge in [0.1, 0.15) is 11.5 Å². The number of carbonyl (C=O) groups excluding carboxylic acids is 1. The summed E-state index contributed by atoms with van der Waals surface area (Å²) in [6, 6.07) is 16.2. The van der Waals surface area contributed by atoms with Crippen LogP contribution in [0.25, 0.3) is 16.6 Å². The summed E-state index contributed by atoms with van der Waals surface area (Å²) < 4.78 is 17.6. The first-order valence-electron chi connectivity index (χ1n) is 11.7. The highest BCUT2D eigenvalue weighted by Crippen LogP contribution is 2.31. The number of fused-ring (bicyclic) bond motifs is 1. The molecular weight excluding hydrogens is 446 g/mol. The maximum Gasteiger partial charge on any atom is 0.337 e. The monoisotopic (exact) mass is 473 g/mol. The molecule has 2 heterocycles. The largest absolute Gasteiger partial charge is 0.497 e. The summed E-state index contributed by atoms with van der Waals surface area (Å²) in [5, 5.41) is 0.411. The molecule has 0 saturated heterocycles. The predicted octanol–water partition coefficient (Wildman–Crippen LogP) is 4.72. The van der Waals surface area contributed by atoms with Gasteiger partial charge in [0, 0.05) is 12.1 Å². The van der Waals surface area contributed by atoms with Crippen LogP contribution in [0.5, 0.6) is 5.75 Å². The average Bonchev–Trinajstić information content (AvgIpc) is 3.61. The average molecular weight is 474 g/mol. The molecule has 0 atom stereocenters. The predicted molar refractivity (Wildman–Crippen MR) is 132 cm³/mol. The number of aromatic nitrogens is 2. The van der Waals surface area contributed by atoms with Gasteiger partial charge in [0.05, 0.1) is 49.2 Å². The van der Waals surface area contributed by atoms with E-state index in [2.05, 4.69) is 4.90 Å². The lowest BCUT2D eigenvalue weighted by molar-refractivity contribution is 0.0601. The van der Waals surface area contributed by atoms with Gasteiger partial charge in [-0.05, 0) is 55.3 Å². The van der Waals surface area contributed by atoms with Crippen molar-refractivity contribution in [1.29, 1.82) is 0 Å². The molecular formula is C27H27N3O5. The molecule has 0 bridgehead atoms. The molecule has 0 aliphatic heterocycles. The molecule has 2 aromatic carbocycles. The van der Waals surface area contributed by atoms with E-state index in [-0.39, 0.29) is 11.6 Å². The van der Waals surface area contributed by atoms with Gasteiger partial charge < -0.3 is 18.8 Å². The summed E-state index contributed by atoms with van der Waals surface area (Å²) in [4.78, 5) is 33.2. The van der Waals surface area contributed by atoms with E-state index >= 15 is 0 Å². The fourth-order valence-corrected chi connectivity index (χ4v) is 4.74. The van der Waals surface area contributed by atoms with E-state index in [4.69, 9.17) is 18.9 Å². The number of hydrogen-bond donors (Lipinski definition) is 0. The van der Waals surface area contributed by atoms with Gasteiger partial charge in [-0.15, -0.1) is 0 Å². The molecule has 8 heteroatoms. The number of anilines is 1. The highest BCUT2D eigenvalue weighted by molar-refractivity contribution is 5.94. The van der Waals surface area contributed by atoms with Crippen LogP contribution in [0.3, 0.4) is 0 Å². The zero-order chi connectivity index (χ0) is 24.4. The lowest BCUT2D eigenvalue weighted by atomic mass is 10.1. The van der Waals surface area contributed by atoms with Crippen LogP contribution in [0.15, 0.2) is 70.1 Å². The Kier molecular flexibility index (Phi) is 6.27. The molecule has 8 nitrogen and oxygen atoms in total. The topological polar surface area (TPSA) is 86.8 Å². The maximum atomic E-state index is 13.9. The van der Waals surface area contributed by atoms with Crippen LogP contribution in [0, 0.1) is 0 Å². The zero-order valence-electron chi connectivity index (χ0n) is 19.8. The third-order valence-corrected chi connectivity index (χ3v) is 6.51. The number of ether oxygens (including phenoxy) is 2. The first kappa shape index (κ1) is 22.7. The number of nitrogens with zero attached hydrogens (tertiary/aromatic N) is 3. The van der Waals surface area contributed by atoms with E-state index in [0.29, 0.717) is 40.4 Å². The molecule has 0 radical (unpaired) electrons. The minimum absolute atomic E-state index is 0.199. The number of benzene rings is 2. The van der Waals surface area contributed by atoms with Crippen LogP contribution in [0.4, 0.5) is 5.95 Å². The van der Waals surface area contributed by atoms with E-state index in [1.165, 1.54) is 7.11 Å². The molecule has 1 aliphatic carbocycles. The summed E-state index contributed by atoms with van der Waals surface area (Å²) in [5.41, 5.74) is 1.21. The third-order valence-electron chi connectivity index (χ3n) is 6.51. The highest BCUT2D eigenvalue weighted by Gasteiger charge is 2.29. The van der Waals surface area contributed by atoms with E-state index in [9.17, 15) is 9.59 Å². The Labute approximate surface area is 202 Å². The second-order valence-electron chi connectivity index (χ2n) is 8.62. The normalized spacial score (nSPS) is 13.8. The first-order valence-corrected chi connectivity index (χ1v) is 11.7. The standard InChI is InChI=1S/C27H27N3O5/c1-33-21-10-5-9-20(16-21)30-25(31)23-13-12-18(26(32)34-2)15-24(23)28-27(30)29(19-7-3-4-8-19)17-22-11-6-14-35-22/h5-6,9-16,19H,3-4,7-8,17H2,1-2H3. The summed E-state index contributed by atoms with van der Waals surface area (Å²) in [5.74, 6) is 1.45. The Bertz CT molecular complexity index is 1400. The Balaban J connectivity index is 1.77. The molecule has 2 aromatic heterocycles. The van der Waals surface area contributed by atoms with Gasteiger partial charge in [0.2, 0.25) is 5.95 Å². The summed E-state index contributed by atoms with van der Waals surface area (Å²) >= 11 is 0.